The Morgan fingerprint density at radius 2 is 1.91 bits per heavy atom. The fraction of sp³-hybridized carbons (Fsp3) is 0.208. The molecule has 0 saturated carbocycles. The fourth-order valence-corrected chi connectivity index (χ4v) is 4.02. The van der Waals surface area contributed by atoms with Gasteiger partial charge in [-0.3, -0.25) is 0 Å². The van der Waals surface area contributed by atoms with Crippen LogP contribution >= 0.6 is 0 Å². The third kappa shape index (κ3) is 4.36. The molecule has 0 bridgehead atoms. The number of aromatic nitrogens is 4. The molecular weight excluding hydrogens is 464 g/mol. The van der Waals surface area contributed by atoms with Gasteiger partial charge >= 0.3 is 6.18 Å². The molecule has 1 aliphatic rings. The molecule has 1 aliphatic heterocycles. The number of ether oxygens (including phenoxy) is 1. The third-order valence-electron chi connectivity index (χ3n) is 5.75. The van der Waals surface area contributed by atoms with Crippen LogP contribution in [-0.2, 0) is 6.18 Å². The summed E-state index contributed by atoms with van der Waals surface area (Å²) >= 11 is 0. The Kier molecular flexibility index (Phi) is 5.54. The smallest absolute Gasteiger partial charge is 0.416 e. The second kappa shape index (κ2) is 8.57. The number of likely N-dealkylation sites (N-methyl/N-ethyl adjacent to an activating group) is 1. The Morgan fingerprint density at radius 3 is 2.63 bits per heavy atom. The van der Waals surface area contributed by atoms with E-state index in [4.69, 9.17) is 4.74 Å². The van der Waals surface area contributed by atoms with E-state index in [9.17, 15) is 17.6 Å². The molecule has 1 atom stereocenters. The van der Waals surface area contributed by atoms with Gasteiger partial charge in [-0.05, 0) is 36.8 Å². The van der Waals surface area contributed by atoms with E-state index in [0.717, 1.165) is 11.8 Å². The zero-order valence-electron chi connectivity index (χ0n) is 18.7. The van der Waals surface area contributed by atoms with Crippen LogP contribution in [0.1, 0.15) is 22.9 Å². The van der Waals surface area contributed by atoms with Gasteiger partial charge in [-0.2, -0.15) is 18.2 Å². The molecule has 2 aromatic heterocycles. The summed E-state index contributed by atoms with van der Waals surface area (Å²) in [5.74, 6) is 0.335. The number of imidazole rings is 1. The summed E-state index contributed by atoms with van der Waals surface area (Å²) in [6.45, 7) is 1.82. The highest BCUT2D eigenvalue weighted by Gasteiger charge is 2.38. The van der Waals surface area contributed by atoms with Crippen molar-refractivity contribution in [2.45, 2.75) is 19.1 Å². The lowest BCUT2D eigenvalue weighted by atomic mass is 9.98. The molecule has 0 radical (unpaired) electrons. The molecule has 1 unspecified atom stereocenters. The van der Waals surface area contributed by atoms with Gasteiger partial charge in [0.05, 0.1) is 35.5 Å². The van der Waals surface area contributed by atoms with Gasteiger partial charge in [-0.25, -0.2) is 14.4 Å². The number of rotatable bonds is 4. The van der Waals surface area contributed by atoms with E-state index in [1.54, 1.807) is 40.9 Å². The lowest BCUT2D eigenvalue weighted by Crippen LogP contribution is -2.35. The highest BCUT2D eigenvalue weighted by Crippen LogP contribution is 2.41. The van der Waals surface area contributed by atoms with Gasteiger partial charge in [-0.1, -0.05) is 18.2 Å². The normalized spacial score (nSPS) is 15.5. The highest BCUT2D eigenvalue weighted by molar-refractivity contribution is 5.62. The summed E-state index contributed by atoms with van der Waals surface area (Å²) in [6, 6.07) is 9.25. The summed E-state index contributed by atoms with van der Waals surface area (Å²) in [7, 11) is 1.65. The number of anilines is 3. The van der Waals surface area contributed by atoms with Gasteiger partial charge in [-0.15, -0.1) is 0 Å². The number of nitrogens with one attached hydrogen (secondary N) is 1. The van der Waals surface area contributed by atoms with Crippen molar-refractivity contribution in [1.82, 2.24) is 19.5 Å². The summed E-state index contributed by atoms with van der Waals surface area (Å²) in [6.07, 6.45) is 0.172. The Balaban J connectivity index is 1.41. The van der Waals surface area contributed by atoms with Crippen molar-refractivity contribution in [1.29, 1.82) is 0 Å². The predicted octanol–water partition coefficient (Wildman–Crippen LogP) is 5.44. The highest BCUT2D eigenvalue weighted by atomic mass is 19.4. The monoisotopic (exact) mass is 484 g/mol. The molecule has 0 saturated heterocycles. The van der Waals surface area contributed by atoms with Crippen LogP contribution < -0.4 is 15.0 Å². The minimum atomic E-state index is -4.50. The van der Waals surface area contributed by atoms with Crippen molar-refractivity contribution >= 4 is 17.5 Å². The molecule has 35 heavy (non-hydrogen) atoms. The molecule has 11 heteroatoms. The van der Waals surface area contributed by atoms with E-state index < -0.39 is 23.6 Å². The lowest BCUT2D eigenvalue weighted by molar-refractivity contribution is -0.138. The van der Waals surface area contributed by atoms with Crippen LogP contribution in [0.2, 0.25) is 0 Å². The van der Waals surface area contributed by atoms with Crippen LogP contribution in [0.5, 0.6) is 5.75 Å². The van der Waals surface area contributed by atoms with Gasteiger partial charge in [0, 0.05) is 18.9 Å². The molecule has 1 N–H and O–H groups in total. The van der Waals surface area contributed by atoms with Crippen molar-refractivity contribution in [2.75, 3.05) is 23.9 Å². The first-order valence-electron chi connectivity index (χ1n) is 10.7. The van der Waals surface area contributed by atoms with Crippen molar-refractivity contribution in [2.24, 2.45) is 0 Å². The molecule has 5 rings (SSSR count). The topological polar surface area (TPSA) is 68.1 Å². The van der Waals surface area contributed by atoms with E-state index in [1.807, 2.05) is 6.92 Å². The Labute approximate surface area is 198 Å². The summed E-state index contributed by atoms with van der Waals surface area (Å²) in [5.41, 5.74) is 0.869. The molecule has 180 valence electrons. The molecule has 0 aliphatic carbocycles. The van der Waals surface area contributed by atoms with Crippen LogP contribution in [0.4, 0.5) is 35.0 Å². The lowest BCUT2D eigenvalue weighted by Gasteiger charge is -2.36. The zero-order chi connectivity index (χ0) is 24.7. The van der Waals surface area contributed by atoms with Crippen LogP contribution in [-0.4, -0.2) is 33.2 Å². The molecule has 3 heterocycles. The van der Waals surface area contributed by atoms with Gasteiger partial charge in [0.1, 0.15) is 12.4 Å². The first kappa shape index (κ1) is 22.6. The standard InChI is InChI=1S/C24H20F4N6O/c1-14-11-34(13-30-14)19-8-7-15(9-18(19)25)31-23-29-10-21-22(32-23)33(2)20(12-35-21)16-5-3-4-6-17(16)24(26,27)28/h3-11,13,20H,12H2,1-2H3,(H,29,31,32). The Morgan fingerprint density at radius 1 is 1.11 bits per heavy atom. The Hall–Kier alpha value is -4.15. The maximum absolute atomic E-state index is 14.7. The van der Waals surface area contributed by atoms with E-state index >= 15 is 0 Å². The minimum absolute atomic E-state index is 0.00707. The Bertz CT molecular complexity index is 1390. The van der Waals surface area contributed by atoms with Crippen molar-refractivity contribution in [3.8, 4) is 11.4 Å². The maximum atomic E-state index is 14.7. The SMILES string of the molecule is Cc1cn(-c2ccc(Nc3ncc4c(n3)N(C)C(c3ccccc3C(F)(F)F)CO4)cc2F)cn1. The van der Waals surface area contributed by atoms with Gasteiger partial charge < -0.3 is 19.5 Å². The van der Waals surface area contributed by atoms with Crippen molar-refractivity contribution < 1.29 is 22.3 Å². The maximum Gasteiger partial charge on any atom is 0.416 e. The number of hydrogen-bond acceptors (Lipinski definition) is 6. The van der Waals surface area contributed by atoms with E-state index in [-0.39, 0.29) is 18.1 Å². The molecule has 2 aromatic carbocycles. The second-order valence-corrected chi connectivity index (χ2v) is 8.12. The second-order valence-electron chi connectivity index (χ2n) is 8.12. The molecule has 4 aromatic rings. The van der Waals surface area contributed by atoms with Gasteiger partial charge in [0.25, 0.3) is 0 Å². The molecular formula is C24H20F4N6O. The van der Waals surface area contributed by atoms with E-state index in [1.165, 1.54) is 30.7 Å². The molecule has 7 nitrogen and oxygen atoms in total. The quantitative estimate of drug-likeness (QED) is 0.389. The zero-order valence-corrected chi connectivity index (χ0v) is 18.7. The average molecular weight is 484 g/mol. The van der Waals surface area contributed by atoms with E-state index in [0.29, 0.717) is 22.9 Å². The molecule has 0 fully saturated rings. The third-order valence-corrected chi connectivity index (χ3v) is 5.75. The summed E-state index contributed by atoms with van der Waals surface area (Å²) in [4.78, 5) is 14.4. The van der Waals surface area contributed by atoms with Crippen LogP contribution in [0.15, 0.2) is 61.2 Å². The summed E-state index contributed by atoms with van der Waals surface area (Å²) in [5, 5.41) is 2.94. The fourth-order valence-electron chi connectivity index (χ4n) is 4.02. The van der Waals surface area contributed by atoms with Crippen molar-refractivity contribution in [3.63, 3.8) is 0 Å². The minimum Gasteiger partial charge on any atom is -0.486 e. The first-order chi connectivity index (χ1) is 16.7. The van der Waals surface area contributed by atoms with Crippen LogP contribution in [0.25, 0.3) is 5.69 Å². The van der Waals surface area contributed by atoms with Crippen molar-refractivity contribution in [3.05, 3.63) is 83.8 Å². The number of fused-ring (bicyclic) bond motifs is 1. The van der Waals surface area contributed by atoms with Gasteiger partial charge in [0.2, 0.25) is 5.95 Å². The largest absolute Gasteiger partial charge is 0.486 e. The number of alkyl halides is 3. The number of halogens is 4. The van der Waals surface area contributed by atoms with Crippen LogP contribution in [0.3, 0.4) is 0 Å². The summed E-state index contributed by atoms with van der Waals surface area (Å²) < 4.78 is 62.7. The number of hydrogen-bond donors (Lipinski definition) is 1. The first-order valence-corrected chi connectivity index (χ1v) is 10.7. The number of aryl methyl sites for hydroxylation is 1. The number of nitrogens with zero attached hydrogens (tertiary/aromatic N) is 5. The van der Waals surface area contributed by atoms with Crippen LogP contribution in [0, 0.1) is 12.7 Å². The average Bonchev–Trinajstić information content (AvgIpc) is 3.25. The van der Waals surface area contributed by atoms with Gasteiger partial charge in [0.15, 0.2) is 11.6 Å². The van der Waals surface area contributed by atoms with E-state index in [2.05, 4.69) is 20.3 Å². The predicted molar refractivity (Wildman–Crippen MR) is 122 cm³/mol. The molecule has 0 amide bonds. The number of benzene rings is 2. The molecule has 0 spiro atoms.